The third kappa shape index (κ3) is 3.72. The van der Waals surface area contributed by atoms with E-state index in [1.807, 2.05) is 26.8 Å². The van der Waals surface area contributed by atoms with Crippen molar-refractivity contribution < 1.29 is 18.8 Å². The molecule has 1 aliphatic heterocycles. The van der Waals surface area contributed by atoms with Crippen LogP contribution in [0.5, 0.6) is 0 Å². The van der Waals surface area contributed by atoms with Crippen LogP contribution in [0.1, 0.15) is 25.6 Å². The lowest BCUT2D eigenvalue weighted by molar-refractivity contribution is -0.865. The first kappa shape index (κ1) is 17.6. The Balaban J connectivity index is 1.95. The van der Waals surface area contributed by atoms with E-state index in [0.29, 0.717) is 25.5 Å². The predicted octanol–water partition coefficient (Wildman–Crippen LogP) is 1.66. The van der Waals surface area contributed by atoms with Gasteiger partial charge in [-0.05, 0) is 26.8 Å². The number of carbonyl (C=O) groups is 2. The number of nitrogens with two attached hydrogens (primary N) is 1. The number of hydrogen-bond acceptors (Lipinski definition) is 7. The lowest BCUT2D eigenvalue weighted by Crippen LogP contribution is -2.64. The number of piperazine rings is 1. The van der Waals surface area contributed by atoms with Gasteiger partial charge in [-0.3, -0.25) is 4.79 Å². The summed E-state index contributed by atoms with van der Waals surface area (Å²) in [6.07, 6.45) is 1.03. The van der Waals surface area contributed by atoms with E-state index in [-0.39, 0.29) is 23.0 Å². The molecule has 0 radical (unpaired) electrons. The number of thiophene rings is 1. The Kier molecular flexibility index (Phi) is 4.38. The van der Waals surface area contributed by atoms with Gasteiger partial charge < -0.3 is 15.8 Å². The minimum atomic E-state index is -0.619. The lowest BCUT2D eigenvalue weighted by atomic mass is 10.2. The molecule has 9 heteroatoms. The van der Waals surface area contributed by atoms with Gasteiger partial charge in [-0.15, -0.1) is 11.3 Å². The van der Waals surface area contributed by atoms with Crippen molar-refractivity contribution in [3.05, 3.63) is 17.3 Å². The van der Waals surface area contributed by atoms with Crippen LogP contribution >= 0.6 is 11.3 Å². The average Bonchev–Trinajstić information content (AvgIpc) is 2.89. The summed E-state index contributed by atoms with van der Waals surface area (Å²) in [5.74, 6) is 0.255. The molecule has 2 aromatic rings. The standard InChI is InChI=1S/C16H21N5O3S/c1-16(2,3)24-15(23)21(5-4-18-12(22)8-21)7-10-6-11-13(17)19-9-20-14(11)25-10/h6,9H,4-5,7-8H2,1-3H3,(H2-,17,18,19,20,22)/p+1. The molecule has 1 unspecified atom stereocenters. The van der Waals surface area contributed by atoms with E-state index in [4.69, 9.17) is 10.5 Å². The summed E-state index contributed by atoms with van der Waals surface area (Å²) in [6, 6.07) is 1.90. The summed E-state index contributed by atoms with van der Waals surface area (Å²) >= 11 is 1.45. The van der Waals surface area contributed by atoms with Gasteiger partial charge in [0.15, 0.2) is 6.54 Å². The van der Waals surface area contributed by atoms with Gasteiger partial charge >= 0.3 is 6.09 Å². The number of anilines is 1. The van der Waals surface area contributed by atoms with E-state index in [1.54, 1.807) is 0 Å². The van der Waals surface area contributed by atoms with Gasteiger partial charge in [-0.2, -0.15) is 4.79 Å². The molecule has 3 N–H and O–H groups in total. The molecule has 1 saturated heterocycles. The van der Waals surface area contributed by atoms with E-state index >= 15 is 0 Å². The Morgan fingerprint density at radius 3 is 2.84 bits per heavy atom. The molecule has 134 valence electrons. The highest BCUT2D eigenvalue weighted by molar-refractivity contribution is 7.18. The van der Waals surface area contributed by atoms with Crippen LogP contribution in [0.4, 0.5) is 10.6 Å². The highest BCUT2D eigenvalue weighted by Crippen LogP contribution is 2.30. The minimum absolute atomic E-state index is 0.0598. The molecule has 0 saturated carbocycles. The van der Waals surface area contributed by atoms with Gasteiger partial charge in [0, 0.05) is 0 Å². The first-order valence-electron chi connectivity index (χ1n) is 8.04. The van der Waals surface area contributed by atoms with Crippen molar-refractivity contribution in [3.8, 4) is 0 Å². The van der Waals surface area contributed by atoms with E-state index in [1.165, 1.54) is 17.7 Å². The SMILES string of the molecule is CC(C)(C)OC(=O)[N+]1(Cc2cc3c(N)ncnc3s2)CCNC(=O)C1. The van der Waals surface area contributed by atoms with Crippen LogP contribution in [0.15, 0.2) is 12.4 Å². The van der Waals surface area contributed by atoms with E-state index < -0.39 is 5.60 Å². The van der Waals surface area contributed by atoms with Crippen molar-refractivity contribution in [2.45, 2.75) is 32.9 Å². The van der Waals surface area contributed by atoms with Gasteiger partial charge in [0.25, 0.3) is 5.91 Å². The van der Waals surface area contributed by atoms with Crippen LogP contribution in [-0.2, 0) is 16.1 Å². The zero-order chi connectivity index (χ0) is 18.2. The molecule has 0 spiro atoms. The number of nitrogens with one attached hydrogen (secondary N) is 1. The molecule has 2 amide bonds. The Labute approximate surface area is 149 Å². The summed E-state index contributed by atoms with van der Waals surface area (Å²) < 4.78 is 5.54. The number of rotatable bonds is 2. The third-order valence-corrected chi connectivity index (χ3v) is 4.99. The summed E-state index contributed by atoms with van der Waals surface area (Å²) in [5, 5.41) is 3.54. The maximum Gasteiger partial charge on any atom is 0.517 e. The fraction of sp³-hybridized carbons (Fsp3) is 0.500. The largest absolute Gasteiger partial charge is 0.517 e. The molecule has 8 nitrogen and oxygen atoms in total. The monoisotopic (exact) mass is 364 g/mol. The van der Waals surface area contributed by atoms with E-state index in [2.05, 4.69) is 15.3 Å². The Morgan fingerprint density at radius 1 is 1.44 bits per heavy atom. The summed E-state index contributed by atoms with van der Waals surface area (Å²) in [6.45, 7) is 6.80. The van der Waals surface area contributed by atoms with Crippen LogP contribution in [0.2, 0.25) is 0 Å². The van der Waals surface area contributed by atoms with Crippen molar-refractivity contribution in [2.75, 3.05) is 25.4 Å². The highest BCUT2D eigenvalue weighted by Gasteiger charge is 2.45. The predicted molar refractivity (Wildman–Crippen MR) is 94.8 cm³/mol. The molecule has 1 atom stereocenters. The number of carbonyl (C=O) groups excluding carboxylic acids is 2. The molecular weight excluding hydrogens is 342 g/mol. The Hall–Kier alpha value is -2.26. The number of hydrogen-bond donors (Lipinski definition) is 2. The number of ether oxygens (including phenoxy) is 1. The molecule has 2 aromatic heterocycles. The number of quaternary nitrogens is 1. The van der Waals surface area contributed by atoms with E-state index in [0.717, 1.165) is 15.1 Å². The second kappa shape index (κ2) is 6.23. The van der Waals surface area contributed by atoms with Crippen LogP contribution in [0, 0.1) is 0 Å². The minimum Gasteiger partial charge on any atom is -0.414 e. The molecule has 25 heavy (non-hydrogen) atoms. The van der Waals surface area contributed by atoms with Crippen LogP contribution in [0.3, 0.4) is 0 Å². The second-order valence-electron chi connectivity index (χ2n) is 7.21. The fourth-order valence-corrected chi connectivity index (χ4v) is 3.94. The fourth-order valence-electron chi connectivity index (χ4n) is 2.83. The van der Waals surface area contributed by atoms with E-state index in [9.17, 15) is 9.59 Å². The van der Waals surface area contributed by atoms with Gasteiger partial charge in [0.2, 0.25) is 0 Å². The molecule has 1 fully saturated rings. The molecule has 0 aromatic carbocycles. The molecular formula is C16H22N5O3S+. The van der Waals surface area contributed by atoms with Gasteiger partial charge in [0.05, 0.1) is 16.8 Å². The average molecular weight is 364 g/mol. The second-order valence-corrected chi connectivity index (χ2v) is 8.32. The Morgan fingerprint density at radius 2 is 2.20 bits per heavy atom. The molecule has 3 rings (SSSR count). The zero-order valence-electron chi connectivity index (χ0n) is 14.5. The highest BCUT2D eigenvalue weighted by atomic mass is 32.1. The van der Waals surface area contributed by atoms with Crippen LogP contribution in [-0.4, -0.2) is 51.7 Å². The van der Waals surface area contributed by atoms with Crippen molar-refractivity contribution in [2.24, 2.45) is 0 Å². The van der Waals surface area contributed by atoms with Crippen molar-refractivity contribution >= 4 is 39.4 Å². The molecule has 0 aliphatic carbocycles. The van der Waals surface area contributed by atoms with Crippen molar-refractivity contribution in [3.63, 3.8) is 0 Å². The number of nitrogen functional groups attached to an aromatic ring is 1. The lowest BCUT2D eigenvalue weighted by Gasteiger charge is -2.38. The van der Waals surface area contributed by atoms with Crippen molar-refractivity contribution in [1.29, 1.82) is 0 Å². The molecule has 3 heterocycles. The number of nitrogens with zero attached hydrogens (tertiary/aromatic N) is 3. The maximum absolute atomic E-state index is 12.9. The normalized spacial score (nSPS) is 21.2. The van der Waals surface area contributed by atoms with Gasteiger partial charge in [-0.25, -0.2) is 14.5 Å². The Bertz CT molecular complexity index is 829. The maximum atomic E-state index is 12.9. The first-order valence-corrected chi connectivity index (χ1v) is 8.85. The third-order valence-electron chi connectivity index (χ3n) is 3.96. The van der Waals surface area contributed by atoms with Crippen LogP contribution < -0.4 is 11.1 Å². The molecule has 1 aliphatic rings. The topological polar surface area (TPSA) is 107 Å². The number of aromatic nitrogens is 2. The number of amides is 2. The van der Waals surface area contributed by atoms with Crippen LogP contribution in [0.25, 0.3) is 10.2 Å². The first-order chi connectivity index (χ1) is 11.7. The number of fused-ring (bicyclic) bond motifs is 1. The summed E-state index contributed by atoms with van der Waals surface area (Å²) in [7, 11) is 0. The summed E-state index contributed by atoms with van der Waals surface area (Å²) in [5.41, 5.74) is 5.28. The van der Waals surface area contributed by atoms with Gasteiger partial charge in [-0.1, -0.05) is 0 Å². The summed E-state index contributed by atoms with van der Waals surface area (Å²) in [4.78, 5) is 34.8. The van der Waals surface area contributed by atoms with Gasteiger partial charge in [0.1, 0.15) is 35.7 Å². The zero-order valence-corrected chi connectivity index (χ0v) is 15.4. The van der Waals surface area contributed by atoms with Crippen molar-refractivity contribution in [1.82, 2.24) is 15.3 Å². The molecule has 0 bridgehead atoms. The smallest absolute Gasteiger partial charge is 0.414 e. The quantitative estimate of drug-likeness (QED) is 0.785.